The minimum atomic E-state index is -0.508. The summed E-state index contributed by atoms with van der Waals surface area (Å²) in [7, 11) is 0. The van der Waals surface area contributed by atoms with Crippen LogP contribution in [0.4, 0.5) is 11.4 Å². The van der Waals surface area contributed by atoms with Gasteiger partial charge in [0.1, 0.15) is 0 Å². The zero-order valence-electron chi connectivity index (χ0n) is 15.7. The number of amides is 2. The highest BCUT2D eigenvalue weighted by Crippen LogP contribution is 2.30. The van der Waals surface area contributed by atoms with Gasteiger partial charge in [0, 0.05) is 24.2 Å². The van der Waals surface area contributed by atoms with E-state index in [2.05, 4.69) is 10.2 Å². The normalized spacial score (nSPS) is 14.1. The molecule has 1 heterocycles. The van der Waals surface area contributed by atoms with E-state index in [-0.39, 0.29) is 5.91 Å². The Morgan fingerprint density at radius 1 is 0.821 bits per heavy atom. The molecule has 28 heavy (non-hydrogen) atoms. The lowest BCUT2D eigenvalue weighted by Gasteiger charge is -2.30. The molecule has 1 aliphatic rings. The van der Waals surface area contributed by atoms with Crippen molar-refractivity contribution in [1.29, 1.82) is 0 Å². The number of hydrogen-bond donors (Lipinski definition) is 2. The number of primary amides is 1. The van der Waals surface area contributed by atoms with Crippen LogP contribution in [0.3, 0.4) is 0 Å². The predicted octanol–water partition coefficient (Wildman–Crippen LogP) is 4.18. The number of nitrogens with one attached hydrogen (secondary N) is 1. The van der Waals surface area contributed by atoms with Crippen molar-refractivity contribution in [3.63, 3.8) is 0 Å². The summed E-state index contributed by atoms with van der Waals surface area (Å²) in [6.07, 6.45) is 3.46. The van der Waals surface area contributed by atoms with Crippen LogP contribution in [0.25, 0.3) is 10.8 Å². The molecule has 3 aromatic carbocycles. The van der Waals surface area contributed by atoms with Gasteiger partial charge in [-0.3, -0.25) is 9.59 Å². The van der Waals surface area contributed by atoms with E-state index in [9.17, 15) is 9.59 Å². The molecule has 0 atom stereocenters. The maximum atomic E-state index is 12.9. The molecule has 0 saturated carbocycles. The van der Waals surface area contributed by atoms with Crippen LogP contribution in [0.2, 0.25) is 0 Å². The first-order valence-electron chi connectivity index (χ1n) is 9.61. The number of hydrogen-bond acceptors (Lipinski definition) is 3. The van der Waals surface area contributed by atoms with E-state index in [4.69, 9.17) is 5.73 Å². The zero-order chi connectivity index (χ0) is 19.5. The van der Waals surface area contributed by atoms with E-state index in [0.29, 0.717) is 16.8 Å². The molecule has 2 amide bonds. The first kappa shape index (κ1) is 18.0. The second-order valence-corrected chi connectivity index (χ2v) is 7.16. The second kappa shape index (κ2) is 7.72. The van der Waals surface area contributed by atoms with Gasteiger partial charge in [0.2, 0.25) is 5.91 Å². The third-order valence-electron chi connectivity index (χ3n) is 5.24. The molecule has 3 N–H and O–H groups in total. The van der Waals surface area contributed by atoms with E-state index in [0.717, 1.165) is 42.4 Å². The molecule has 1 saturated heterocycles. The van der Waals surface area contributed by atoms with Crippen molar-refractivity contribution in [2.24, 2.45) is 5.73 Å². The van der Waals surface area contributed by atoms with Crippen LogP contribution in [-0.2, 0) is 0 Å². The fraction of sp³-hybridized carbons (Fsp3) is 0.217. The van der Waals surface area contributed by atoms with Gasteiger partial charge in [0.15, 0.2) is 0 Å². The van der Waals surface area contributed by atoms with Crippen molar-refractivity contribution in [1.82, 2.24) is 0 Å². The molecule has 4 rings (SSSR count). The van der Waals surface area contributed by atoms with E-state index in [1.54, 1.807) is 12.1 Å². The second-order valence-electron chi connectivity index (χ2n) is 7.16. The quantitative estimate of drug-likeness (QED) is 0.720. The Labute approximate surface area is 164 Å². The Kier molecular flexibility index (Phi) is 4.98. The average molecular weight is 373 g/mol. The molecule has 0 unspecified atom stereocenters. The van der Waals surface area contributed by atoms with Gasteiger partial charge in [-0.05, 0) is 60.4 Å². The van der Waals surface area contributed by atoms with Crippen LogP contribution in [0.15, 0.2) is 60.7 Å². The summed E-state index contributed by atoms with van der Waals surface area (Å²) in [6.45, 7) is 1.88. The smallest absolute Gasteiger partial charge is 0.255 e. The number of anilines is 2. The Balaban J connectivity index is 1.66. The number of benzene rings is 3. The predicted molar refractivity (Wildman–Crippen MR) is 113 cm³/mol. The number of nitrogens with zero attached hydrogens (tertiary/aromatic N) is 1. The number of carbonyl (C=O) groups excluding carboxylic acids is 2. The Hall–Kier alpha value is -3.34. The highest BCUT2D eigenvalue weighted by atomic mass is 16.2. The van der Waals surface area contributed by atoms with Gasteiger partial charge in [0.25, 0.3) is 5.91 Å². The summed E-state index contributed by atoms with van der Waals surface area (Å²) < 4.78 is 0. The van der Waals surface area contributed by atoms with Gasteiger partial charge >= 0.3 is 0 Å². The van der Waals surface area contributed by atoms with E-state index in [1.165, 1.54) is 6.42 Å². The lowest BCUT2D eigenvalue weighted by Crippen LogP contribution is -2.30. The van der Waals surface area contributed by atoms with Crippen molar-refractivity contribution < 1.29 is 9.59 Å². The lowest BCUT2D eigenvalue weighted by molar-refractivity contribution is 0.0996. The van der Waals surface area contributed by atoms with Gasteiger partial charge in [-0.15, -0.1) is 0 Å². The van der Waals surface area contributed by atoms with Gasteiger partial charge in [0.05, 0.1) is 11.4 Å². The molecule has 5 heteroatoms. The van der Waals surface area contributed by atoms with E-state index < -0.39 is 5.91 Å². The van der Waals surface area contributed by atoms with Gasteiger partial charge < -0.3 is 16.0 Å². The third kappa shape index (κ3) is 3.69. The molecule has 0 radical (unpaired) electrons. The first-order valence-corrected chi connectivity index (χ1v) is 9.61. The van der Waals surface area contributed by atoms with Crippen molar-refractivity contribution in [3.05, 3.63) is 71.8 Å². The summed E-state index contributed by atoms with van der Waals surface area (Å²) in [5.74, 6) is -0.711. The molecule has 1 aliphatic heterocycles. The van der Waals surface area contributed by atoms with Crippen LogP contribution in [0, 0.1) is 0 Å². The van der Waals surface area contributed by atoms with Crippen LogP contribution in [0.1, 0.15) is 40.0 Å². The summed E-state index contributed by atoms with van der Waals surface area (Å²) in [5.41, 5.74) is 7.96. The Bertz CT molecular complexity index is 1040. The maximum Gasteiger partial charge on any atom is 0.255 e. The molecule has 0 aromatic heterocycles. The van der Waals surface area contributed by atoms with Crippen LogP contribution in [0.5, 0.6) is 0 Å². The van der Waals surface area contributed by atoms with E-state index >= 15 is 0 Å². The highest BCUT2D eigenvalue weighted by molar-refractivity contribution is 6.08. The van der Waals surface area contributed by atoms with Crippen molar-refractivity contribution in [2.45, 2.75) is 19.3 Å². The number of piperidine rings is 1. The summed E-state index contributed by atoms with van der Waals surface area (Å²) in [6, 6.07) is 18.8. The standard InChI is InChI=1S/C23H23N3O2/c24-22(27)18-10-11-21(26-12-4-1-5-13-26)20(15-18)25-23(28)19-9-8-16-6-2-3-7-17(16)14-19/h2-3,6-11,14-15H,1,4-5,12-13H2,(H2,24,27)(H,25,28). The minimum absolute atomic E-state index is 0.203. The Morgan fingerprint density at radius 2 is 1.54 bits per heavy atom. The summed E-state index contributed by atoms with van der Waals surface area (Å²) in [4.78, 5) is 26.8. The van der Waals surface area contributed by atoms with Crippen molar-refractivity contribution >= 4 is 34.0 Å². The number of fused-ring (bicyclic) bond motifs is 1. The molecule has 5 nitrogen and oxygen atoms in total. The SMILES string of the molecule is NC(=O)c1ccc(N2CCCCC2)c(NC(=O)c2ccc3ccccc3c2)c1. The number of carbonyl (C=O) groups is 2. The van der Waals surface area contributed by atoms with Gasteiger partial charge in [-0.2, -0.15) is 0 Å². The summed E-state index contributed by atoms with van der Waals surface area (Å²) >= 11 is 0. The lowest BCUT2D eigenvalue weighted by atomic mass is 10.1. The first-order chi connectivity index (χ1) is 13.6. The van der Waals surface area contributed by atoms with Crippen molar-refractivity contribution in [2.75, 3.05) is 23.3 Å². The maximum absolute atomic E-state index is 12.9. The molecular weight excluding hydrogens is 350 g/mol. The van der Waals surface area contributed by atoms with Crippen LogP contribution < -0.4 is 16.0 Å². The molecule has 1 fully saturated rings. The van der Waals surface area contributed by atoms with Crippen molar-refractivity contribution in [3.8, 4) is 0 Å². The fourth-order valence-electron chi connectivity index (χ4n) is 3.73. The third-order valence-corrected chi connectivity index (χ3v) is 5.24. The molecule has 0 bridgehead atoms. The molecule has 3 aromatic rings. The molecule has 0 spiro atoms. The topological polar surface area (TPSA) is 75.4 Å². The number of nitrogens with two attached hydrogens (primary N) is 1. The average Bonchev–Trinajstić information content (AvgIpc) is 2.74. The minimum Gasteiger partial charge on any atom is -0.370 e. The molecule has 142 valence electrons. The van der Waals surface area contributed by atoms with E-state index in [1.807, 2.05) is 48.5 Å². The van der Waals surface area contributed by atoms with Crippen LogP contribution in [-0.4, -0.2) is 24.9 Å². The zero-order valence-corrected chi connectivity index (χ0v) is 15.7. The largest absolute Gasteiger partial charge is 0.370 e. The van der Waals surface area contributed by atoms with Crippen LogP contribution >= 0.6 is 0 Å². The monoisotopic (exact) mass is 373 g/mol. The van der Waals surface area contributed by atoms with Gasteiger partial charge in [-0.1, -0.05) is 30.3 Å². The molecular formula is C23H23N3O2. The summed E-state index contributed by atoms with van der Waals surface area (Å²) in [5, 5.41) is 5.09. The fourth-order valence-corrected chi connectivity index (χ4v) is 3.73. The number of rotatable bonds is 4. The Morgan fingerprint density at radius 3 is 2.29 bits per heavy atom. The molecule has 0 aliphatic carbocycles. The highest BCUT2D eigenvalue weighted by Gasteiger charge is 2.18. The van der Waals surface area contributed by atoms with Gasteiger partial charge in [-0.25, -0.2) is 0 Å².